The number of hydrogen-bond acceptors (Lipinski definition) is 5. The molecule has 1 fully saturated rings. The van der Waals surface area contributed by atoms with Gasteiger partial charge < -0.3 is 25.6 Å². The standard InChI is InChI=1S/C30H40N4O5/c1-5-39-29(37)26-12-8-9-17-34(26)28(36)25(18-20(2)3)32-27(35)19-22-13-15-23(16-14-22)31-30(38)33-24-11-7-6-10-21(24)4/h6-7,10-11,13-16,20,25-26H,5,8-9,12,17-19H2,1-4H3,(H,32,35)(H2,31,33,38)/t25-,26?/m0/s1. The first-order valence-electron chi connectivity index (χ1n) is 13.7. The number of likely N-dealkylation sites (tertiary alicyclic amines) is 1. The van der Waals surface area contributed by atoms with Crippen molar-refractivity contribution in [3.05, 3.63) is 59.7 Å². The third-order valence-electron chi connectivity index (χ3n) is 6.65. The van der Waals surface area contributed by atoms with Crippen LogP contribution in [0.15, 0.2) is 48.5 Å². The molecule has 3 rings (SSSR count). The van der Waals surface area contributed by atoms with Gasteiger partial charge in [-0.25, -0.2) is 9.59 Å². The molecule has 39 heavy (non-hydrogen) atoms. The highest BCUT2D eigenvalue weighted by Crippen LogP contribution is 2.21. The average Bonchev–Trinajstić information content (AvgIpc) is 2.90. The number of rotatable bonds is 10. The van der Waals surface area contributed by atoms with Crippen LogP contribution in [0.1, 0.15) is 57.6 Å². The number of nitrogens with zero attached hydrogens (tertiary/aromatic N) is 1. The minimum absolute atomic E-state index is 0.0822. The lowest BCUT2D eigenvalue weighted by Crippen LogP contribution is -2.56. The van der Waals surface area contributed by atoms with E-state index >= 15 is 0 Å². The first-order chi connectivity index (χ1) is 18.7. The Bertz CT molecular complexity index is 1150. The van der Waals surface area contributed by atoms with Gasteiger partial charge in [0.2, 0.25) is 11.8 Å². The van der Waals surface area contributed by atoms with Gasteiger partial charge in [-0.15, -0.1) is 0 Å². The van der Waals surface area contributed by atoms with Crippen molar-refractivity contribution in [1.29, 1.82) is 0 Å². The molecule has 0 bridgehead atoms. The van der Waals surface area contributed by atoms with Gasteiger partial charge in [-0.2, -0.15) is 0 Å². The Morgan fingerprint density at radius 1 is 1.00 bits per heavy atom. The van der Waals surface area contributed by atoms with Crippen molar-refractivity contribution in [3.8, 4) is 0 Å². The maximum Gasteiger partial charge on any atom is 0.328 e. The van der Waals surface area contributed by atoms with Gasteiger partial charge in [0.25, 0.3) is 0 Å². The summed E-state index contributed by atoms with van der Waals surface area (Å²) < 4.78 is 5.20. The fraction of sp³-hybridized carbons (Fsp3) is 0.467. The summed E-state index contributed by atoms with van der Waals surface area (Å²) in [6, 6.07) is 12.8. The summed E-state index contributed by atoms with van der Waals surface area (Å²) >= 11 is 0. The summed E-state index contributed by atoms with van der Waals surface area (Å²) in [6.07, 6.45) is 2.78. The molecule has 2 atom stereocenters. The molecule has 210 valence electrons. The molecular formula is C30H40N4O5. The number of ether oxygens (including phenoxy) is 1. The molecule has 0 spiro atoms. The molecule has 2 aromatic carbocycles. The fourth-order valence-corrected chi connectivity index (χ4v) is 4.71. The molecule has 4 amide bonds. The second-order valence-electron chi connectivity index (χ2n) is 10.3. The molecule has 1 heterocycles. The average molecular weight is 537 g/mol. The van der Waals surface area contributed by atoms with E-state index in [2.05, 4.69) is 16.0 Å². The van der Waals surface area contributed by atoms with Crippen LogP contribution in [0.5, 0.6) is 0 Å². The lowest BCUT2D eigenvalue weighted by atomic mass is 9.97. The number of carbonyl (C=O) groups is 4. The molecule has 3 N–H and O–H groups in total. The van der Waals surface area contributed by atoms with E-state index in [0.717, 1.165) is 29.7 Å². The topological polar surface area (TPSA) is 117 Å². The molecule has 0 saturated carbocycles. The summed E-state index contributed by atoms with van der Waals surface area (Å²) in [5.74, 6) is -0.742. The Morgan fingerprint density at radius 3 is 2.38 bits per heavy atom. The monoisotopic (exact) mass is 536 g/mol. The van der Waals surface area contributed by atoms with Gasteiger partial charge in [-0.3, -0.25) is 9.59 Å². The molecule has 9 nitrogen and oxygen atoms in total. The fourth-order valence-electron chi connectivity index (χ4n) is 4.71. The Morgan fingerprint density at radius 2 is 1.72 bits per heavy atom. The van der Waals surface area contributed by atoms with Crippen LogP contribution in [-0.4, -0.2) is 54.0 Å². The van der Waals surface area contributed by atoms with Crippen LogP contribution in [-0.2, 0) is 25.5 Å². The maximum absolute atomic E-state index is 13.5. The number of aryl methyl sites for hydroxylation is 1. The van der Waals surface area contributed by atoms with E-state index in [1.807, 2.05) is 45.0 Å². The smallest absolute Gasteiger partial charge is 0.328 e. The third-order valence-corrected chi connectivity index (χ3v) is 6.65. The number of esters is 1. The molecule has 0 radical (unpaired) electrons. The zero-order chi connectivity index (χ0) is 28.4. The van der Waals surface area contributed by atoms with Gasteiger partial charge >= 0.3 is 12.0 Å². The number of amides is 4. The number of urea groups is 1. The molecule has 9 heteroatoms. The van der Waals surface area contributed by atoms with Crippen molar-refractivity contribution in [2.45, 2.75) is 71.9 Å². The highest BCUT2D eigenvalue weighted by atomic mass is 16.5. The number of hydrogen-bond donors (Lipinski definition) is 3. The van der Waals surface area contributed by atoms with Crippen LogP contribution in [0.4, 0.5) is 16.2 Å². The second-order valence-corrected chi connectivity index (χ2v) is 10.3. The third kappa shape index (κ3) is 8.84. The molecular weight excluding hydrogens is 496 g/mol. The lowest BCUT2D eigenvalue weighted by molar-refractivity contribution is -0.157. The second kappa shape index (κ2) is 14.3. The summed E-state index contributed by atoms with van der Waals surface area (Å²) in [5, 5.41) is 8.51. The van der Waals surface area contributed by atoms with Crippen LogP contribution in [0.2, 0.25) is 0 Å². The lowest BCUT2D eigenvalue weighted by Gasteiger charge is -2.36. The SMILES string of the molecule is CCOC(=O)C1CCCCN1C(=O)[C@H](CC(C)C)NC(=O)Cc1ccc(NC(=O)Nc2ccccc2C)cc1. The van der Waals surface area contributed by atoms with E-state index in [1.54, 1.807) is 36.1 Å². The molecule has 0 aliphatic carbocycles. The summed E-state index contributed by atoms with van der Waals surface area (Å²) in [5.41, 5.74) is 3.02. The van der Waals surface area contributed by atoms with E-state index in [-0.39, 0.29) is 42.8 Å². The highest BCUT2D eigenvalue weighted by Gasteiger charge is 2.37. The van der Waals surface area contributed by atoms with Crippen molar-refractivity contribution >= 4 is 35.2 Å². The Balaban J connectivity index is 1.59. The van der Waals surface area contributed by atoms with E-state index in [4.69, 9.17) is 4.74 Å². The number of piperidine rings is 1. The van der Waals surface area contributed by atoms with Crippen molar-refractivity contribution in [1.82, 2.24) is 10.2 Å². The van der Waals surface area contributed by atoms with Crippen LogP contribution in [0.3, 0.4) is 0 Å². The zero-order valence-corrected chi connectivity index (χ0v) is 23.3. The normalized spacial score (nSPS) is 15.8. The van der Waals surface area contributed by atoms with Crippen molar-refractivity contribution in [2.24, 2.45) is 5.92 Å². The quantitative estimate of drug-likeness (QED) is 0.382. The number of carbonyl (C=O) groups excluding carboxylic acids is 4. The molecule has 1 unspecified atom stereocenters. The predicted octanol–water partition coefficient (Wildman–Crippen LogP) is 4.66. The van der Waals surface area contributed by atoms with Crippen LogP contribution in [0, 0.1) is 12.8 Å². The number of anilines is 2. The van der Waals surface area contributed by atoms with E-state index in [0.29, 0.717) is 25.1 Å². The van der Waals surface area contributed by atoms with Gasteiger partial charge in [-0.1, -0.05) is 44.2 Å². The maximum atomic E-state index is 13.5. The van der Waals surface area contributed by atoms with Crippen molar-refractivity contribution in [2.75, 3.05) is 23.8 Å². The Hall–Kier alpha value is -3.88. The summed E-state index contributed by atoms with van der Waals surface area (Å²) in [4.78, 5) is 52.9. The first kappa shape index (κ1) is 29.7. The Kier molecular flexibility index (Phi) is 10.9. The largest absolute Gasteiger partial charge is 0.464 e. The predicted molar refractivity (Wildman–Crippen MR) is 151 cm³/mol. The van der Waals surface area contributed by atoms with Crippen LogP contribution in [0.25, 0.3) is 0 Å². The van der Waals surface area contributed by atoms with E-state index < -0.39 is 12.1 Å². The van der Waals surface area contributed by atoms with Crippen LogP contribution >= 0.6 is 0 Å². The van der Waals surface area contributed by atoms with Crippen LogP contribution < -0.4 is 16.0 Å². The minimum Gasteiger partial charge on any atom is -0.464 e. The molecule has 1 aliphatic heterocycles. The Labute approximate surface area is 230 Å². The zero-order valence-electron chi connectivity index (χ0n) is 23.3. The summed E-state index contributed by atoms with van der Waals surface area (Å²) in [6.45, 7) is 8.38. The van der Waals surface area contributed by atoms with E-state index in [9.17, 15) is 19.2 Å². The number of nitrogens with one attached hydrogen (secondary N) is 3. The van der Waals surface area contributed by atoms with Gasteiger partial charge in [0.05, 0.1) is 13.0 Å². The van der Waals surface area contributed by atoms with E-state index in [1.165, 1.54) is 0 Å². The van der Waals surface area contributed by atoms with Gasteiger partial charge in [0.15, 0.2) is 0 Å². The van der Waals surface area contributed by atoms with Gasteiger partial charge in [0.1, 0.15) is 12.1 Å². The van der Waals surface area contributed by atoms with Crippen molar-refractivity contribution < 1.29 is 23.9 Å². The molecule has 0 aromatic heterocycles. The molecule has 1 aliphatic rings. The number of para-hydroxylation sites is 1. The van der Waals surface area contributed by atoms with Gasteiger partial charge in [0, 0.05) is 17.9 Å². The highest BCUT2D eigenvalue weighted by molar-refractivity contribution is 6.00. The number of benzene rings is 2. The minimum atomic E-state index is -0.724. The molecule has 2 aromatic rings. The van der Waals surface area contributed by atoms with Gasteiger partial charge in [-0.05, 0) is 74.8 Å². The summed E-state index contributed by atoms with van der Waals surface area (Å²) in [7, 11) is 0. The first-order valence-corrected chi connectivity index (χ1v) is 13.7. The molecule has 1 saturated heterocycles. The van der Waals surface area contributed by atoms with Crippen molar-refractivity contribution in [3.63, 3.8) is 0 Å².